The number of nitrogens with zero attached hydrogens (tertiary/aromatic N) is 2. The second kappa shape index (κ2) is 8.06. The number of hydrogen-bond donors (Lipinski definition) is 2. The number of imidazole rings is 1. The Labute approximate surface area is 169 Å². The van der Waals surface area contributed by atoms with Crippen LogP contribution in [-0.2, 0) is 0 Å². The molecule has 0 atom stereocenters. The lowest BCUT2D eigenvalue weighted by molar-refractivity contribution is 0.262. The molecule has 2 heterocycles. The van der Waals surface area contributed by atoms with Gasteiger partial charge in [-0.15, -0.1) is 0 Å². The fraction of sp³-hybridized carbons (Fsp3) is 0.130. The van der Waals surface area contributed by atoms with Crippen LogP contribution in [0.1, 0.15) is 12.5 Å². The predicted octanol–water partition coefficient (Wildman–Crippen LogP) is 5.35. The normalized spacial score (nSPS) is 10.7. The SMILES string of the molecule is CCOc1ccc(NC(=O)Nc2ccc(-c3cn4ccc(C)cc4n3)cc2)cc1. The summed E-state index contributed by atoms with van der Waals surface area (Å²) in [6.07, 6.45) is 4.00. The highest BCUT2D eigenvalue weighted by Gasteiger charge is 2.07. The molecular weight excluding hydrogens is 364 g/mol. The smallest absolute Gasteiger partial charge is 0.323 e. The van der Waals surface area contributed by atoms with Crippen LogP contribution < -0.4 is 15.4 Å². The molecule has 2 amide bonds. The van der Waals surface area contributed by atoms with E-state index in [-0.39, 0.29) is 6.03 Å². The summed E-state index contributed by atoms with van der Waals surface area (Å²) < 4.78 is 7.40. The van der Waals surface area contributed by atoms with Gasteiger partial charge in [0.05, 0.1) is 12.3 Å². The summed E-state index contributed by atoms with van der Waals surface area (Å²) in [5.74, 6) is 0.774. The molecule has 2 aromatic carbocycles. The molecule has 0 aliphatic rings. The van der Waals surface area contributed by atoms with Crippen molar-refractivity contribution in [2.75, 3.05) is 17.2 Å². The first-order valence-corrected chi connectivity index (χ1v) is 9.47. The average Bonchev–Trinajstić information content (AvgIpc) is 3.13. The number of urea groups is 1. The van der Waals surface area contributed by atoms with Crippen LogP contribution in [0, 0.1) is 6.92 Å². The Morgan fingerprint density at radius 2 is 1.66 bits per heavy atom. The molecule has 29 heavy (non-hydrogen) atoms. The van der Waals surface area contributed by atoms with Crippen molar-refractivity contribution in [2.45, 2.75) is 13.8 Å². The molecule has 0 saturated carbocycles. The zero-order valence-corrected chi connectivity index (χ0v) is 16.3. The number of rotatable bonds is 5. The number of fused-ring (bicyclic) bond motifs is 1. The minimum Gasteiger partial charge on any atom is -0.494 e. The molecule has 0 bridgehead atoms. The highest BCUT2D eigenvalue weighted by Crippen LogP contribution is 2.22. The van der Waals surface area contributed by atoms with Crippen LogP contribution in [0.4, 0.5) is 16.2 Å². The number of ether oxygens (including phenoxy) is 1. The number of anilines is 2. The van der Waals surface area contributed by atoms with Crippen molar-refractivity contribution in [3.8, 4) is 17.0 Å². The second-order valence-corrected chi connectivity index (χ2v) is 6.71. The van der Waals surface area contributed by atoms with E-state index < -0.39 is 0 Å². The van der Waals surface area contributed by atoms with E-state index in [1.807, 2.05) is 73.1 Å². The largest absolute Gasteiger partial charge is 0.494 e. The molecular formula is C23H22N4O2. The Morgan fingerprint density at radius 3 is 2.31 bits per heavy atom. The molecule has 0 fully saturated rings. The number of benzene rings is 2. The van der Waals surface area contributed by atoms with Crippen molar-refractivity contribution in [3.63, 3.8) is 0 Å². The van der Waals surface area contributed by atoms with E-state index >= 15 is 0 Å². The van der Waals surface area contributed by atoms with Crippen LogP contribution in [0.5, 0.6) is 5.75 Å². The van der Waals surface area contributed by atoms with Gasteiger partial charge in [0.15, 0.2) is 0 Å². The fourth-order valence-electron chi connectivity index (χ4n) is 3.04. The van der Waals surface area contributed by atoms with Crippen LogP contribution in [0.2, 0.25) is 0 Å². The summed E-state index contributed by atoms with van der Waals surface area (Å²) in [5, 5.41) is 5.64. The topological polar surface area (TPSA) is 67.7 Å². The molecule has 0 aliphatic carbocycles. The van der Waals surface area contributed by atoms with Gasteiger partial charge in [-0.25, -0.2) is 9.78 Å². The molecule has 6 nitrogen and oxygen atoms in total. The molecule has 0 saturated heterocycles. The predicted molar refractivity (Wildman–Crippen MR) is 116 cm³/mol. The first-order chi connectivity index (χ1) is 14.1. The first-order valence-electron chi connectivity index (χ1n) is 9.47. The maximum absolute atomic E-state index is 12.2. The van der Waals surface area contributed by atoms with E-state index in [9.17, 15) is 4.79 Å². The van der Waals surface area contributed by atoms with Crippen LogP contribution >= 0.6 is 0 Å². The van der Waals surface area contributed by atoms with Crippen molar-refractivity contribution in [3.05, 3.63) is 78.6 Å². The molecule has 146 valence electrons. The van der Waals surface area contributed by atoms with Crippen molar-refractivity contribution in [1.82, 2.24) is 9.38 Å². The number of hydrogen-bond acceptors (Lipinski definition) is 3. The van der Waals surface area contributed by atoms with Gasteiger partial charge in [-0.2, -0.15) is 0 Å². The third-order valence-corrected chi connectivity index (χ3v) is 4.48. The zero-order chi connectivity index (χ0) is 20.2. The quantitative estimate of drug-likeness (QED) is 0.486. The Balaban J connectivity index is 1.41. The van der Waals surface area contributed by atoms with Crippen LogP contribution in [0.25, 0.3) is 16.9 Å². The maximum atomic E-state index is 12.2. The molecule has 0 spiro atoms. The Bertz CT molecular complexity index is 1130. The van der Waals surface area contributed by atoms with Gasteiger partial charge < -0.3 is 19.8 Å². The second-order valence-electron chi connectivity index (χ2n) is 6.71. The zero-order valence-electron chi connectivity index (χ0n) is 16.3. The highest BCUT2D eigenvalue weighted by atomic mass is 16.5. The van der Waals surface area contributed by atoms with Crippen molar-refractivity contribution in [2.24, 2.45) is 0 Å². The number of carbonyl (C=O) groups excluding carboxylic acids is 1. The molecule has 4 rings (SSSR count). The van der Waals surface area contributed by atoms with Crippen LogP contribution in [-0.4, -0.2) is 22.0 Å². The van der Waals surface area contributed by atoms with Crippen LogP contribution in [0.3, 0.4) is 0 Å². The summed E-state index contributed by atoms with van der Waals surface area (Å²) >= 11 is 0. The summed E-state index contributed by atoms with van der Waals surface area (Å²) in [6.45, 7) is 4.59. The Hall–Kier alpha value is -3.80. The van der Waals surface area contributed by atoms with Gasteiger partial charge in [0.2, 0.25) is 0 Å². The monoisotopic (exact) mass is 386 g/mol. The third kappa shape index (κ3) is 4.38. The molecule has 0 radical (unpaired) electrons. The lowest BCUT2D eigenvalue weighted by atomic mass is 10.1. The molecule has 0 aliphatic heterocycles. The number of carbonyl (C=O) groups is 1. The fourth-order valence-corrected chi connectivity index (χ4v) is 3.04. The molecule has 0 unspecified atom stereocenters. The van der Waals surface area contributed by atoms with Gasteiger partial charge >= 0.3 is 6.03 Å². The van der Waals surface area contributed by atoms with Crippen LogP contribution in [0.15, 0.2) is 73.1 Å². The number of pyridine rings is 1. The average molecular weight is 386 g/mol. The highest BCUT2D eigenvalue weighted by molar-refractivity contribution is 5.99. The van der Waals surface area contributed by atoms with Gasteiger partial charge in [-0.1, -0.05) is 12.1 Å². The van der Waals surface area contributed by atoms with E-state index in [4.69, 9.17) is 4.74 Å². The third-order valence-electron chi connectivity index (χ3n) is 4.48. The van der Waals surface area contributed by atoms with Crippen molar-refractivity contribution >= 4 is 23.1 Å². The lowest BCUT2D eigenvalue weighted by Crippen LogP contribution is -2.19. The minimum atomic E-state index is -0.301. The van der Waals surface area contributed by atoms with Gasteiger partial charge in [-0.3, -0.25) is 0 Å². The van der Waals surface area contributed by atoms with Gasteiger partial charge in [0, 0.05) is 29.3 Å². The van der Waals surface area contributed by atoms with Gasteiger partial charge in [-0.05, 0) is 67.9 Å². The number of aryl methyl sites for hydroxylation is 1. The summed E-state index contributed by atoms with van der Waals surface area (Å²) in [5.41, 5.74) is 5.37. The standard InChI is InChI=1S/C23H22N4O2/c1-3-29-20-10-8-19(9-11-20)25-23(28)24-18-6-4-17(5-7-18)21-15-27-13-12-16(2)14-22(27)26-21/h4-15H,3H2,1-2H3,(H2,24,25,28). The molecule has 4 aromatic rings. The van der Waals surface area contributed by atoms with Crippen molar-refractivity contribution < 1.29 is 9.53 Å². The number of amides is 2. The molecule has 2 aromatic heterocycles. The van der Waals surface area contributed by atoms with Gasteiger partial charge in [0.1, 0.15) is 11.4 Å². The molecule has 2 N–H and O–H groups in total. The van der Waals surface area contributed by atoms with E-state index in [2.05, 4.69) is 21.7 Å². The number of aromatic nitrogens is 2. The summed E-state index contributed by atoms with van der Waals surface area (Å²) in [4.78, 5) is 16.9. The van der Waals surface area contributed by atoms with Gasteiger partial charge in [0.25, 0.3) is 0 Å². The maximum Gasteiger partial charge on any atom is 0.323 e. The summed E-state index contributed by atoms with van der Waals surface area (Å²) in [7, 11) is 0. The number of nitrogens with one attached hydrogen (secondary N) is 2. The Morgan fingerprint density at radius 1 is 1.00 bits per heavy atom. The Kier molecular flexibility index (Phi) is 5.16. The van der Waals surface area contributed by atoms with E-state index in [1.165, 1.54) is 5.56 Å². The van der Waals surface area contributed by atoms with Crippen molar-refractivity contribution in [1.29, 1.82) is 0 Å². The molecule has 6 heteroatoms. The lowest BCUT2D eigenvalue weighted by Gasteiger charge is -2.09. The summed E-state index contributed by atoms with van der Waals surface area (Å²) in [6, 6.07) is 18.7. The van der Waals surface area contributed by atoms with E-state index in [0.29, 0.717) is 18.0 Å². The van der Waals surface area contributed by atoms with E-state index in [0.717, 1.165) is 22.7 Å². The first kappa shape index (κ1) is 18.6. The minimum absolute atomic E-state index is 0.301. The van der Waals surface area contributed by atoms with E-state index in [1.54, 1.807) is 12.1 Å².